The van der Waals surface area contributed by atoms with Crippen molar-refractivity contribution in [3.05, 3.63) is 76.6 Å². The van der Waals surface area contributed by atoms with Crippen molar-refractivity contribution in [1.29, 1.82) is 0 Å². The second-order valence-corrected chi connectivity index (χ2v) is 8.63. The number of aromatic nitrogens is 2. The zero-order chi connectivity index (χ0) is 22.5. The van der Waals surface area contributed by atoms with Crippen LogP contribution < -0.4 is 10.1 Å². The van der Waals surface area contributed by atoms with E-state index in [1.807, 2.05) is 49.4 Å². The molecule has 4 rings (SSSR count). The van der Waals surface area contributed by atoms with E-state index < -0.39 is 0 Å². The van der Waals surface area contributed by atoms with Crippen molar-refractivity contribution in [3.8, 4) is 11.4 Å². The summed E-state index contributed by atoms with van der Waals surface area (Å²) >= 11 is 6.52. The highest BCUT2D eigenvalue weighted by molar-refractivity contribution is 6.33. The van der Waals surface area contributed by atoms with Crippen LogP contribution in [0.1, 0.15) is 34.5 Å². The number of piperidine rings is 1. The van der Waals surface area contributed by atoms with Gasteiger partial charge < -0.3 is 10.1 Å². The molecule has 6 nitrogen and oxygen atoms in total. The number of ether oxygens (including phenoxy) is 1. The Morgan fingerprint density at radius 2 is 1.81 bits per heavy atom. The second-order valence-electron chi connectivity index (χ2n) is 8.28. The fourth-order valence-corrected chi connectivity index (χ4v) is 4.52. The fraction of sp³-hybridized carbons (Fsp3) is 0.360. The molecule has 2 aromatic carbocycles. The molecule has 2 heterocycles. The number of carbonyl (C=O) groups is 1. The highest BCUT2D eigenvalue weighted by Crippen LogP contribution is 2.24. The van der Waals surface area contributed by atoms with E-state index in [0.717, 1.165) is 43.9 Å². The zero-order valence-electron chi connectivity index (χ0n) is 18.6. The molecule has 1 saturated heterocycles. The van der Waals surface area contributed by atoms with Crippen molar-refractivity contribution in [2.45, 2.75) is 26.3 Å². The molecule has 32 heavy (non-hydrogen) atoms. The lowest BCUT2D eigenvalue weighted by atomic mass is 9.96. The van der Waals surface area contributed by atoms with Gasteiger partial charge in [-0.25, -0.2) is 4.68 Å². The molecule has 0 saturated carbocycles. The van der Waals surface area contributed by atoms with Gasteiger partial charge in [0.2, 0.25) is 0 Å². The maximum Gasteiger partial charge on any atom is 0.256 e. The zero-order valence-corrected chi connectivity index (χ0v) is 19.3. The summed E-state index contributed by atoms with van der Waals surface area (Å²) in [6.45, 7) is 5.46. The van der Waals surface area contributed by atoms with Crippen molar-refractivity contribution >= 4 is 17.5 Å². The lowest BCUT2D eigenvalue weighted by molar-refractivity contribution is 0.0934. The van der Waals surface area contributed by atoms with E-state index in [-0.39, 0.29) is 5.91 Å². The van der Waals surface area contributed by atoms with Gasteiger partial charge in [0.25, 0.3) is 5.91 Å². The predicted molar refractivity (Wildman–Crippen MR) is 127 cm³/mol. The minimum atomic E-state index is -0.157. The molecule has 1 fully saturated rings. The van der Waals surface area contributed by atoms with Crippen molar-refractivity contribution in [2.75, 3.05) is 26.7 Å². The van der Waals surface area contributed by atoms with Crippen LogP contribution in [-0.2, 0) is 6.54 Å². The van der Waals surface area contributed by atoms with Crippen molar-refractivity contribution < 1.29 is 9.53 Å². The Morgan fingerprint density at radius 1 is 1.12 bits per heavy atom. The Bertz CT molecular complexity index is 1040. The number of aryl methyl sites for hydroxylation is 1. The largest absolute Gasteiger partial charge is 0.497 e. The molecule has 1 aromatic heterocycles. The summed E-state index contributed by atoms with van der Waals surface area (Å²) in [5, 5.41) is 7.90. The number of nitrogens with one attached hydrogen (secondary N) is 1. The topological polar surface area (TPSA) is 59.4 Å². The van der Waals surface area contributed by atoms with Crippen LogP contribution in [0.5, 0.6) is 5.75 Å². The normalized spacial score (nSPS) is 15.0. The van der Waals surface area contributed by atoms with Crippen molar-refractivity contribution in [1.82, 2.24) is 20.0 Å². The molecule has 0 radical (unpaired) electrons. The maximum atomic E-state index is 12.9. The molecular weight excluding hydrogens is 424 g/mol. The van der Waals surface area contributed by atoms with E-state index in [2.05, 4.69) is 27.4 Å². The van der Waals surface area contributed by atoms with E-state index in [1.165, 1.54) is 5.56 Å². The van der Waals surface area contributed by atoms with Crippen LogP contribution in [0.4, 0.5) is 0 Å². The molecule has 1 N–H and O–H groups in total. The minimum Gasteiger partial charge on any atom is -0.497 e. The fourth-order valence-electron chi connectivity index (χ4n) is 4.16. The second kappa shape index (κ2) is 10.2. The van der Waals surface area contributed by atoms with Gasteiger partial charge in [0.15, 0.2) is 0 Å². The molecule has 0 atom stereocenters. The standard InChI is InChI=1S/C25H29ClN4O2/c1-18-23(24(26)30(28-18)21-6-4-3-5-7-21)25(31)27-16-19-12-14-29(15-13-19)17-20-8-10-22(32-2)11-9-20/h3-11,19H,12-17H2,1-2H3,(H,27,31). The van der Waals surface area contributed by atoms with E-state index in [4.69, 9.17) is 16.3 Å². The molecule has 1 aliphatic heterocycles. The molecule has 0 spiro atoms. The molecule has 0 aliphatic carbocycles. The van der Waals surface area contributed by atoms with Gasteiger partial charge in [-0.1, -0.05) is 41.9 Å². The van der Waals surface area contributed by atoms with Crippen LogP contribution >= 0.6 is 11.6 Å². The highest BCUT2D eigenvalue weighted by Gasteiger charge is 2.24. The van der Waals surface area contributed by atoms with Gasteiger partial charge in [0, 0.05) is 13.1 Å². The average molecular weight is 453 g/mol. The van der Waals surface area contributed by atoms with Crippen LogP contribution in [0.2, 0.25) is 5.15 Å². The van der Waals surface area contributed by atoms with E-state index in [9.17, 15) is 4.79 Å². The summed E-state index contributed by atoms with van der Waals surface area (Å²) in [4.78, 5) is 15.3. The number of hydrogen-bond donors (Lipinski definition) is 1. The number of methoxy groups -OCH3 is 1. The number of benzene rings is 2. The van der Waals surface area contributed by atoms with Crippen LogP contribution in [-0.4, -0.2) is 47.3 Å². The number of halogens is 1. The van der Waals surface area contributed by atoms with Crippen LogP contribution in [0, 0.1) is 12.8 Å². The Labute approximate surface area is 194 Å². The first kappa shape index (κ1) is 22.4. The van der Waals surface area contributed by atoms with E-state index in [1.54, 1.807) is 11.8 Å². The summed E-state index contributed by atoms with van der Waals surface area (Å²) in [5.41, 5.74) is 3.21. The van der Waals surface area contributed by atoms with Crippen molar-refractivity contribution in [3.63, 3.8) is 0 Å². The summed E-state index contributed by atoms with van der Waals surface area (Å²) in [6, 6.07) is 17.9. The minimum absolute atomic E-state index is 0.157. The van der Waals surface area contributed by atoms with Crippen LogP contribution in [0.15, 0.2) is 54.6 Å². The van der Waals surface area contributed by atoms with Crippen LogP contribution in [0.3, 0.4) is 0 Å². The predicted octanol–water partition coefficient (Wildman–Crippen LogP) is 4.48. The Balaban J connectivity index is 1.28. The third-order valence-corrected chi connectivity index (χ3v) is 6.40. The van der Waals surface area contributed by atoms with Gasteiger partial charge >= 0.3 is 0 Å². The maximum absolute atomic E-state index is 12.9. The first-order chi connectivity index (χ1) is 15.5. The molecule has 168 valence electrons. The molecule has 0 bridgehead atoms. The average Bonchev–Trinajstić information content (AvgIpc) is 3.13. The summed E-state index contributed by atoms with van der Waals surface area (Å²) in [6.07, 6.45) is 2.12. The third kappa shape index (κ3) is 5.14. The van der Waals surface area contributed by atoms with Gasteiger partial charge in [-0.2, -0.15) is 5.10 Å². The number of likely N-dealkylation sites (tertiary alicyclic amines) is 1. The lowest BCUT2D eigenvalue weighted by Gasteiger charge is -2.32. The SMILES string of the molecule is COc1ccc(CN2CCC(CNC(=O)c3c(C)nn(-c4ccccc4)c3Cl)CC2)cc1. The monoisotopic (exact) mass is 452 g/mol. The number of hydrogen-bond acceptors (Lipinski definition) is 4. The molecule has 7 heteroatoms. The van der Waals surface area contributed by atoms with E-state index in [0.29, 0.717) is 28.9 Å². The number of carbonyl (C=O) groups excluding carboxylic acids is 1. The third-order valence-electron chi connectivity index (χ3n) is 6.06. The summed E-state index contributed by atoms with van der Waals surface area (Å²) in [7, 11) is 1.68. The first-order valence-electron chi connectivity index (χ1n) is 11.0. The molecule has 3 aromatic rings. The Morgan fingerprint density at radius 3 is 2.47 bits per heavy atom. The summed E-state index contributed by atoms with van der Waals surface area (Å²) in [5.74, 6) is 1.19. The molecule has 0 unspecified atom stereocenters. The Hall–Kier alpha value is -2.83. The van der Waals surface area contributed by atoms with Gasteiger partial charge in [-0.15, -0.1) is 0 Å². The van der Waals surface area contributed by atoms with Gasteiger partial charge in [0.05, 0.1) is 24.1 Å². The first-order valence-corrected chi connectivity index (χ1v) is 11.4. The van der Waals surface area contributed by atoms with Crippen LogP contribution in [0.25, 0.3) is 5.69 Å². The smallest absolute Gasteiger partial charge is 0.256 e. The lowest BCUT2D eigenvalue weighted by Crippen LogP contribution is -2.38. The Kier molecular flexibility index (Phi) is 7.12. The number of rotatable bonds is 7. The molecule has 1 amide bonds. The molecule has 1 aliphatic rings. The van der Waals surface area contributed by atoms with Gasteiger partial charge in [-0.05, 0) is 68.6 Å². The van der Waals surface area contributed by atoms with Crippen molar-refractivity contribution in [2.24, 2.45) is 5.92 Å². The highest BCUT2D eigenvalue weighted by atomic mass is 35.5. The number of para-hydroxylation sites is 1. The number of nitrogens with zero attached hydrogens (tertiary/aromatic N) is 3. The quantitative estimate of drug-likeness (QED) is 0.574. The number of amides is 1. The van der Waals surface area contributed by atoms with Gasteiger partial charge in [-0.3, -0.25) is 9.69 Å². The summed E-state index contributed by atoms with van der Waals surface area (Å²) < 4.78 is 6.84. The molecular formula is C25H29ClN4O2. The van der Waals surface area contributed by atoms with E-state index >= 15 is 0 Å². The van der Waals surface area contributed by atoms with Gasteiger partial charge in [0.1, 0.15) is 10.9 Å².